The van der Waals surface area contributed by atoms with Crippen LogP contribution in [0.3, 0.4) is 0 Å². The van der Waals surface area contributed by atoms with Crippen molar-refractivity contribution in [1.29, 1.82) is 0 Å². The molecule has 118 valence electrons. The Morgan fingerprint density at radius 2 is 2.00 bits per heavy atom. The van der Waals surface area contributed by atoms with Crippen LogP contribution in [0.15, 0.2) is 18.3 Å². The molecule has 0 aromatic carbocycles. The molecular formula is C15H22N6O. The highest BCUT2D eigenvalue weighted by atomic mass is 16.5. The van der Waals surface area contributed by atoms with E-state index >= 15 is 0 Å². The van der Waals surface area contributed by atoms with Crippen LogP contribution in [0.4, 0.5) is 11.9 Å². The summed E-state index contributed by atoms with van der Waals surface area (Å²) >= 11 is 0. The van der Waals surface area contributed by atoms with Gasteiger partial charge in [0.05, 0.1) is 7.11 Å². The van der Waals surface area contributed by atoms with Crippen LogP contribution in [0.25, 0.3) is 0 Å². The van der Waals surface area contributed by atoms with Crippen molar-refractivity contribution in [3.8, 4) is 5.88 Å². The van der Waals surface area contributed by atoms with E-state index in [1.807, 2.05) is 31.1 Å². The van der Waals surface area contributed by atoms with E-state index in [0.29, 0.717) is 24.3 Å². The third-order valence-electron chi connectivity index (χ3n) is 3.04. The van der Waals surface area contributed by atoms with E-state index in [1.54, 1.807) is 13.3 Å². The SMILES string of the molecule is COc1ncccc1CNc1nc(C(C)C)nc(N(C)C)n1. The van der Waals surface area contributed by atoms with Crippen LogP contribution in [-0.4, -0.2) is 41.1 Å². The zero-order valence-corrected chi connectivity index (χ0v) is 13.7. The summed E-state index contributed by atoms with van der Waals surface area (Å²) in [7, 11) is 5.43. The Morgan fingerprint density at radius 1 is 1.23 bits per heavy atom. The molecule has 22 heavy (non-hydrogen) atoms. The summed E-state index contributed by atoms with van der Waals surface area (Å²) in [6.07, 6.45) is 1.70. The number of anilines is 2. The van der Waals surface area contributed by atoms with E-state index in [-0.39, 0.29) is 5.92 Å². The molecule has 0 radical (unpaired) electrons. The molecule has 2 heterocycles. The fraction of sp³-hybridized carbons (Fsp3) is 0.467. The number of hydrogen-bond acceptors (Lipinski definition) is 7. The van der Waals surface area contributed by atoms with E-state index in [0.717, 1.165) is 11.4 Å². The second kappa shape index (κ2) is 7.02. The molecule has 0 aliphatic carbocycles. The first-order valence-corrected chi connectivity index (χ1v) is 7.16. The van der Waals surface area contributed by atoms with Gasteiger partial charge in [0.1, 0.15) is 5.82 Å². The van der Waals surface area contributed by atoms with Crippen molar-refractivity contribution in [2.75, 3.05) is 31.4 Å². The summed E-state index contributed by atoms with van der Waals surface area (Å²) in [5.74, 6) is 2.78. The van der Waals surface area contributed by atoms with Gasteiger partial charge in [-0.05, 0) is 6.07 Å². The standard InChI is InChI=1S/C15H22N6O/c1-10(2)12-18-14(20-15(19-12)21(3)4)17-9-11-7-6-8-16-13(11)22-5/h6-8,10H,9H2,1-5H3,(H,17,18,19,20). The minimum absolute atomic E-state index is 0.232. The van der Waals surface area contributed by atoms with Gasteiger partial charge >= 0.3 is 0 Å². The Bertz CT molecular complexity index is 603. The number of aromatic nitrogens is 4. The smallest absolute Gasteiger partial charge is 0.229 e. The van der Waals surface area contributed by atoms with Crippen LogP contribution >= 0.6 is 0 Å². The Hall–Kier alpha value is -2.44. The monoisotopic (exact) mass is 302 g/mol. The first-order chi connectivity index (χ1) is 10.5. The maximum absolute atomic E-state index is 5.25. The van der Waals surface area contributed by atoms with Crippen molar-refractivity contribution in [1.82, 2.24) is 19.9 Å². The maximum atomic E-state index is 5.25. The van der Waals surface area contributed by atoms with E-state index in [4.69, 9.17) is 4.74 Å². The number of methoxy groups -OCH3 is 1. The third kappa shape index (κ3) is 3.81. The van der Waals surface area contributed by atoms with Crippen molar-refractivity contribution < 1.29 is 4.74 Å². The average molecular weight is 302 g/mol. The highest BCUT2D eigenvalue weighted by Crippen LogP contribution is 2.17. The van der Waals surface area contributed by atoms with Crippen molar-refractivity contribution >= 4 is 11.9 Å². The molecule has 0 atom stereocenters. The third-order valence-corrected chi connectivity index (χ3v) is 3.04. The first kappa shape index (κ1) is 15.9. The van der Waals surface area contributed by atoms with Crippen LogP contribution in [0.1, 0.15) is 31.2 Å². The van der Waals surface area contributed by atoms with E-state index < -0.39 is 0 Å². The van der Waals surface area contributed by atoms with Gasteiger partial charge in [-0.25, -0.2) is 4.98 Å². The summed E-state index contributed by atoms with van der Waals surface area (Å²) in [5, 5.41) is 3.22. The van der Waals surface area contributed by atoms with Gasteiger partial charge in [0.25, 0.3) is 0 Å². The lowest BCUT2D eigenvalue weighted by Crippen LogP contribution is -2.17. The van der Waals surface area contributed by atoms with Gasteiger partial charge in [0.15, 0.2) is 0 Å². The van der Waals surface area contributed by atoms with Crippen molar-refractivity contribution in [2.24, 2.45) is 0 Å². The molecule has 0 spiro atoms. The topological polar surface area (TPSA) is 76.1 Å². The zero-order chi connectivity index (χ0) is 16.1. The molecule has 0 amide bonds. The molecule has 0 fully saturated rings. The number of nitrogens with one attached hydrogen (secondary N) is 1. The summed E-state index contributed by atoms with van der Waals surface area (Å²) in [4.78, 5) is 19.4. The molecular weight excluding hydrogens is 280 g/mol. The zero-order valence-electron chi connectivity index (χ0n) is 13.7. The van der Waals surface area contributed by atoms with Gasteiger partial charge in [0.2, 0.25) is 17.8 Å². The summed E-state index contributed by atoms with van der Waals surface area (Å²) in [6, 6.07) is 3.83. The molecule has 0 saturated heterocycles. The lowest BCUT2D eigenvalue weighted by Gasteiger charge is -2.15. The van der Waals surface area contributed by atoms with Crippen LogP contribution in [0, 0.1) is 0 Å². The fourth-order valence-corrected chi connectivity index (χ4v) is 1.83. The minimum atomic E-state index is 0.232. The number of pyridine rings is 1. The second-order valence-corrected chi connectivity index (χ2v) is 5.39. The van der Waals surface area contributed by atoms with Gasteiger partial charge in [-0.3, -0.25) is 0 Å². The molecule has 7 nitrogen and oxygen atoms in total. The first-order valence-electron chi connectivity index (χ1n) is 7.16. The fourth-order valence-electron chi connectivity index (χ4n) is 1.83. The number of rotatable bonds is 6. The van der Waals surface area contributed by atoms with Crippen LogP contribution in [-0.2, 0) is 6.54 Å². The molecule has 2 aromatic heterocycles. The predicted molar refractivity (Wildman–Crippen MR) is 86.4 cm³/mol. The van der Waals surface area contributed by atoms with Gasteiger partial charge in [-0.15, -0.1) is 0 Å². The predicted octanol–water partition coefficient (Wildman–Crippen LogP) is 2.08. The lowest BCUT2D eigenvalue weighted by molar-refractivity contribution is 0.393. The second-order valence-electron chi connectivity index (χ2n) is 5.39. The number of hydrogen-bond donors (Lipinski definition) is 1. The molecule has 7 heteroatoms. The van der Waals surface area contributed by atoms with E-state index in [2.05, 4.69) is 39.1 Å². The molecule has 0 saturated carbocycles. The number of ether oxygens (including phenoxy) is 1. The summed E-state index contributed by atoms with van der Waals surface area (Å²) in [5.41, 5.74) is 0.947. The van der Waals surface area contributed by atoms with Crippen LogP contribution < -0.4 is 15.0 Å². The van der Waals surface area contributed by atoms with E-state index in [9.17, 15) is 0 Å². The van der Waals surface area contributed by atoms with Gasteiger partial charge in [-0.2, -0.15) is 15.0 Å². The van der Waals surface area contributed by atoms with Crippen molar-refractivity contribution in [2.45, 2.75) is 26.3 Å². The van der Waals surface area contributed by atoms with Gasteiger partial charge in [-0.1, -0.05) is 19.9 Å². The quantitative estimate of drug-likeness (QED) is 0.875. The average Bonchev–Trinajstić information content (AvgIpc) is 2.52. The van der Waals surface area contributed by atoms with Gasteiger partial charge in [0, 0.05) is 38.3 Å². The Balaban J connectivity index is 2.21. The van der Waals surface area contributed by atoms with Crippen molar-refractivity contribution in [3.05, 3.63) is 29.7 Å². The molecule has 1 N–H and O–H groups in total. The molecule has 0 bridgehead atoms. The minimum Gasteiger partial charge on any atom is -0.481 e. The highest BCUT2D eigenvalue weighted by molar-refractivity contribution is 5.38. The largest absolute Gasteiger partial charge is 0.481 e. The molecule has 0 aliphatic heterocycles. The molecule has 0 unspecified atom stereocenters. The Labute approximate surface area is 130 Å². The maximum Gasteiger partial charge on any atom is 0.229 e. The Morgan fingerprint density at radius 3 is 2.64 bits per heavy atom. The van der Waals surface area contributed by atoms with Gasteiger partial charge < -0.3 is 15.0 Å². The normalized spacial score (nSPS) is 10.6. The molecule has 2 aromatic rings. The number of nitrogens with zero attached hydrogens (tertiary/aromatic N) is 5. The molecule has 2 rings (SSSR count). The van der Waals surface area contributed by atoms with Crippen LogP contribution in [0.2, 0.25) is 0 Å². The lowest BCUT2D eigenvalue weighted by atomic mass is 10.2. The highest BCUT2D eigenvalue weighted by Gasteiger charge is 2.11. The Kier molecular flexibility index (Phi) is 5.08. The van der Waals surface area contributed by atoms with E-state index in [1.165, 1.54) is 0 Å². The molecule has 0 aliphatic rings. The summed E-state index contributed by atoms with van der Waals surface area (Å²) < 4.78 is 5.25. The van der Waals surface area contributed by atoms with Crippen molar-refractivity contribution in [3.63, 3.8) is 0 Å². The van der Waals surface area contributed by atoms with Crippen LogP contribution in [0.5, 0.6) is 5.88 Å². The summed E-state index contributed by atoms with van der Waals surface area (Å²) in [6.45, 7) is 4.65.